The summed E-state index contributed by atoms with van der Waals surface area (Å²) < 4.78 is 0.973. The number of carbonyl (C=O) groups excluding carboxylic acids is 2. The number of nitrogens with one attached hydrogen (secondary N) is 1. The van der Waals surface area contributed by atoms with Crippen molar-refractivity contribution in [1.82, 2.24) is 10.2 Å². The molecule has 4 nitrogen and oxygen atoms in total. The molecule has 0 aliphatic heterocycles. The van der Waals surface area contributed by atoms with Crippen molar-refractivity contribution < 1.29 is 9.59 Å². The molecule has 0 saturated carbocycles. The number of nitrogens with zero attached hydrogens (tertiary/aromatic N) is 1. The molecule has 0 bridgehead atoms. The highest BCUT2D eigenvalue weighted by Gasteiger charge is 2.32. The van der Waals surface area contributed by atoms with Gasteiger partial charge in [-0.05, 0) is 74.6 Å². The summed E-state index contributed by atoms with van der Waals surface area (Å²) in [6.45, 7) is 10.3. The van der Waals surface area contributed by atoms with Crippen LogP contribution in [0.25, 0.3) is 0 Å². The average molecular weight is 536 g/mol. The molecule has 0 saturated heterocycles. The number of hydrogen-bond donors (Lipinski definition) is 1. The smallest absolute Gasteiger partial charge is 0.243 e. The molecule has 0 spiro atoms. The Morgan fingerprint density at radius 1 is 0.857 bits per heavy atom. The zero-order valence-electron chi connectivity index (χ0n) is 21.3. The van der Waals surface area contributed by atoms with Crippen LogP contribution in [0.15, 0.2) is 77.3 Å². The lowest BCUT2D eigenvalue weighted by molar-refractivity contribution is -0.141. The Bertz CT molecular complexity index is 1150. The fraction of sp³-hybridized carbons (Fsp3) is 0.333. The van der Waals surface area contributed by atoms with Crippen LogP contribution in [0.2, 0.25) is 0 Å². The third-order valence-corrected chi connectivity index (χ3v) is 6.49. The molecule has 3 aromatic carbocycles. The second-order valence-electron chi connectivity index (χ2n) is 10.2. The highest BCUT2D eigenvalue weighted by molar-refractivity contribution is 9.10. The molecule has 0 heterocycles. The van der Waals surface area contributed by atoms with Crippen LogP contribution in [-0.2, 0) is 29.0 Å². The minimum Gasteiger partial charge on any atom is -0.350 e. The standard InChI is InChI=1S/C30H35BrN2O2/c1-21-11-12-25(17-22(21)2)19-28(34)33(20-24-13-15-26(31)16-14-24)27(29(35)32-30(3,4)5)18-23-9-7-6-8-10-23/h6-17,27H,18-20H2,1-5H3,(H,32,35)/t27-/m0/s1. The Labute approximate surface area is 217 Å². The third kappa shape index (κ3) is 8.07. The monoisotopic (exact) mass is 534 g/mol. The number of benzene rings is 3. The van der Waals surface area contributed by atoms with Crippen LogP contribution in [0.1, 0.15) is 48.6 Å². The largest absolute Gasteiger partial charge is 0.350 e. The molecule has 184 valence electrons. The van der Waals surface area contributed by atoms with E-state index in [0.29, 0.717) is 13.0 Å². The van der Waals surface area contributed by atoms with E-state index >= 15 is 0 Å². The first-order valence-electron chi connectivity index (χ1n) is 12.0. The second kappa shape index (κ2) is 11.7. The van der Waals surface area contributed by atoms with Gasteiger partial charge >= 0.3 is 0 Å². The molecule has 0 unspecified atom stereocenters. The van der Waals surface area contributed by atoms with E-state index in [1.165, 1.54) is 5.56 Å². The van der Waals surface area contributed by atoms with E-state index in [-0.39, 0.29) is 18.2 Å². The summed E-state index contributed by atoms with van der Waals surface area (Å²) >= 11 is 3.48. The van der Waals surface area contributed by atoms with Gasteiger partial charge in [0.25, 0.3) is 0 Å². The first kappa shape index (κ1) is 26.7. The number of halogens is 1. The molecule has 0 aliphatic carbocycles. The van der Waals surface area contributed by atoms with Gasteiger partial charge in [-0.25, -0.2) is 0 Å². The molecule has 3 rings (SSSR count). The van der Waals surface area contributed by atoms with Crippen molar-refractivity contribution in [3.05, 3.63) is 105 Å². The van der Waals surface area contributed by atoms with Crippen molar-refractivity contribution in [2.24, 2.45) is 0 Å². The van der Waals surface area contributed by atoms with E-state index in [0.717, 1.165) is 26.7 Å². The summed E-state index contributed by atoms with van der Waals surface area (Å²) in [6.07, 6.45) is 0.684. The maximum Gasteiger partial charge on any atom is 0.243 e. The molecule has 1 atom stereocenters. The number of amides is 2. The topological polar surface area (TPSA) is 49.4 Å². The lowest BCUT2D eigenvalue weighted by Gasteiger charge is -2.34. The molecule has 0 radical (unpaired) electrons. The van der Waals surface area contributed by atoms with Gasteiger partial charge in [-0.2, -0.15) is 0 Å². The van der Waals surface area contributed by atoms with E-state index in [9.17, 15) is 9.59 Å². The van der Waals surface area contributed by atoms with E-state index in [2.05, 4.69) is 41.2 Å². The SMILES string of the molecule is Cc1ccc(CC(=O)N(Cc2ccc(Br)cc2)[C@@H](Cc2ccccc2)C(=O)NC(C)(C)C)cc1C. The van der Waals surface area contributed by atoms with E-state index in [1.54, 1.807) is 4.90 Å². The molecular weight excluding hydrogens is 500 g/mol. The Hall–Kier alpha value is -2.92. The van der Waals surface area contributed by atoms with Gasteiger partial charge in [0.1, 0.15) is 6.04 Å². The van der Waals surface area contributed by atoms with Crippen LogP contribution >= 0.6 is 15.9 Å². The lowest BCUT2D eigenvalue weighted by atomic mass is 9.99. The van der Waals surface area contributed by atoms with E-state index in [1.807, 2.05) is 87.5 Å². The van der Waals surface area contributed by atoms with Crippen LogP contribution in [0, 0.1) is 13.8 Å². The second-order valence-corrected chi connectivity index (χ2v) is 11.1. The Balaban J connectivity index is 1.99. The summed E-state index contributed by atoms with van der Waals surface area (Å²) in [5, 5.41) is 3.11. The molecule has 35 heavy (non-hydrogen) atoms. The maximum atomic E-state index is 13.8. The van der Waals surface area contributed by atoms with Gasteiger partial charge in [-0.15, -0.1) is 0 Å². The van der Waals surface area contributed by atoms with Crippen LogP contribution in [0.4, 0.5) is 0 Å². The number of hydrogen-bond acceptors (Lipinski definition) is 2. The first-order chi connectivity index (χ1) is 16.5. The summed E-state index contributed by atoms with van der Waals surface area (Å²) in [5.41, 5.74) is 4.88. The van der Waals surface area contributed by atoms with Crippen molar-refractivity contribution >= 4 is 27.7 Å². The van der Waals surface area contributed by atoms with Gasteiger partial charge in [0, 0.05) is 23.0 Å². The summed E-state index contributed by atoms with van der Waals surface area (Å²) in [7, 11) is 0. The fourth-order valence-corrected chi connectivity index (χ4v) is 4.25. The molecule has 3 aromatic rings. The van der Waals surface area contributed by atoms with Gasteiger partial charge in [-0.3, -0.25) is 9.59 Å². The molecular formula is C30H35BrN2O2. The number of aryl methyl sites for hydroxylation is 2. The zero-order valence-corrected chi connectivity index (χ0v) is 22.9. The average Bonchev–Trinajstić information content (AvgIpc) is 2.79. The predicted molar refractivity (Wildman–Crippen MR) is 146 cm³/mol. The Morgan fingerprint density at radius 3 is 2.09 bits per heavy atom. The molecule has 5 heteroatoms. The summed E-state index contributed by atoms with van der Waals surface area (Å²) in [6, 6.07) is 23.3. The fourth-order valence-electron chi connectivity index (χ4n) is 3.98. The normalized spacial score (nSPS) is 12.2. The minimum atomic E-state index is -0.640. The van der Waals surface area contributed by atoms with E-state index < -0.39 is 11.6 Å². The third-order valence-electron chi connectivity index (χ3n) is 5.96. The highest BCUT2D eigenvalue weighted by atomic mass is 79.9. The highest BCUT2D eigenvalue weighted by Crippen LogP contribution is 2.20. The molecule has 2 amide bonds. The van der Waals surface area contributed by atoms with Gasteiger partial charge in [-0.1, -0.05) is 76.6 Å². The maximum absolute atomic E-state index is 13.8. The Morgan fingerprint density at radius 2 is 1.49 bits per heavy atom. The van der Waals surface area contributed by atoms with Crippen molar-refractivity contribution in [2.45, 2.75) is 65.6 Å². The molecule has 0 fully saturated rings. The van der Waals surface area contributed by atoms with Crippen LogP contribution < -0.4 is 5.32 Å². The molecule has 1 N–H and O–H groups in total. The lowest BCUT2D eigenvalue weighted by Crippen LogP contribution is -2.54. The van der Waals surface area contributed by atoms with Crippen LogP contribution in [0.3, 0.4) is 0 Å². The van der Waals surface area contributed by atoms with Crippen molar-refractivity contribution in [3.63, 3.8) is 0 Å². The minimum absolute atomic E-state index is 0.0684. The van der Waals surface area contributed by atoms with Gasteiger partial charge in [0.2, 0.25) is 11.8 Å². The summed E-state index contributed by atoms with van der Waals surface area (Å²) in [4.78, 5) is 29.2. The predicted octanol–water partition coefficient (Wildman–Crippen LogP) is 6.16. The number of rotatable bonds is 8. The Kier molecular flexibility index (Phi) is 8.90. The zero-order chi connectivity index (χ0) is 25.6. The van der Waals surface area contributed by atoms with Gasteiger partial charge < -0.3 is 10.2 Å². The first-order valence-corrected chi connectivity index (χ1v) is 12.8. The van der Waals surface area contributed by atoms with Crippen molar-refractivity contribution in [1.29, 1.82) is 0 Å². The number of carbonyl (C=O) groups is 2. The molecule has 0 aliphatic rings. The van der Waals surface area contributed by atoms with E-state index in [4.69, 9.17) is 0 Å². The summed E-state index contributed by atoms with van der Waals surface area (Å²) in [5.74, 6) is -0.215. The van der Waals surface area contributed by atoms with Crippen LogP contribution in [0.5, 0.6) is 0 Å². The quantitative estimate of drug-likeness (QED) is 0.376. The molecule has 0 aromatic heterocycles. The van der Waals surface area contributed by atoms with Gasteiger partial charge in [0.05, 0.1) is 6.42 Å². The van der Waals surface area contributed by atoms with Crippen molar-refractivity contribution in [3.8, 4) is 0 Å². The van der Waals surface area contributed by atoms with Crippen LogP contribution in [-0.4, -0.2) is 28.3 Å². The van der Waals surface area contributed by atoms with Crippen molar-refractivity contribution in [2.75, 3.05) is 0 Å². The van der Waals surface area contributed by atoms with Gasteiger partial charge in [0.15, 0.2) is 0 Å².